The number of aromatic nitrogens is 3. The zero-order valence-electron chi connectivity index (χ0n) is 17.4. The maximum atomic E-state index is 14.0. The van der Waals surface area contributed by atoms with Crippen molar-refractivity contribution in [1.29, 1.82) is 0 Å². The number of amides is 1. The number of benzene rings is 3. The minimum Gasteiger partial charge on any atom is -0.324 e. The first kappa shape index (κ1) is 23.8. The van der Waals surface area contributed by atoms with Gasteiger partial charge in [-0.15, -0.1) is 17.5 Å². The van der Waals surface area contributed by atoms with Crippen LogP contribution >= 0.6 is 35.6 Å². The molecule has 0 saturated heterocycles. The molecule has 2 N–H and O–H groups in total. The van der Waals surface area contributed by atoms with Gasteiger partial charge < -0.3 is 5.32 Å². The summed E-state index contributed by atoms with van der Waals surface area (Å²) in [6, 6.07) is 20.1. The summed E-state index contributed by atoms with van der Waals surface area (Å²) in [5.74, 6) is -0.835. The number of hydrogen-bond acceptors (Lipinski definition) is 4. The van der Waals surface area contributed by atoms with Crippen molar-refractivity contribution < 1.29 is 9.18 Å². The lowest BCUT2D eigenvalue weighted by molar-refractivity contribution is 0.102. The van der Waals surface area contributed by atoms with Crippen LogP contribution in [0, 0.1) is 5.82 Å². The minimum atomic E-state index is -0.642. The predicted molar refractivity (Wildman–Crippen MR) is 134 cm³/mol. The number of carbonyl (C=O) groups excluding carboxylic acids is 1. The molecule has 1 aliphatic heterocycles. The summed E-state index contributed by atoms with van der Waals surface area (Å²) < 4.78 is 15.6. The van der Waals surface area contributed by atoms with Gasteiger partial charge in [-0.1, -0.05) is 65.7 Å². The third-order valence-corrected chi connectivity index (χ3v) is 5.78. The van der Waals surface area contributed by atoms with E-state index in [0.29, 0.717) is 16.0 Å². The standard InChI is InChI=1S/C24H16Cl2FN5O.ClH/c25-15-11-9-14(10-12-15)20-13-21(16-5-1-3-7-18(16)26)32-24(28-20)30-23(31-32)29-22(33)17-6-2-4-8-19(17)27;/h1-13,21H,(H2,28,29,30,31,33);1H. The van der Waals surface area contributed by atoms with Crippen LogP contribution in [0.15, 0.2) is 78.9 Å². The van der Waals surface area contributed by atoms with Crippen LogP contribution in [0.25, 0.3) is 5.70 Å². The zero-order valence-corrected chi connectivity index (χ0v) is 19.7. The molecule has 6 nitrogen and oxygen atoms in total. The number of allylic oxidation sites excluding steroid dienone is 1. The van der Waals surface area contributed by atoms with E-state index in [2.05, 4.69) is 20.7 Å². The lowest BCUT2D eigenvalue weighted by Crippen LogP contribution is -2.20. The molecule has 0 radical (unpaired) electrons. The van der Waals surface area contributed by atoms with E-state index in [1.807, 2.05) is 36.4 Å². The molecule has 0 saturated carbocycles. The SMILES string of the molecule is Cl.O=C(Nc1nc2n(n1)C(c1ccccc1Cl)C=C(c1ccc(Cl)cc1)N2)c1ccccc1F. The number of nitrogens with one attached hydrogen (secondary N) is 2. The van der Waals surface area contributed by atoms with Gasteiger partial charge in [0.05, 0.1) is 5.56 Å². The van der Waals surface area contributed by atoms with E-state index >= 15 is 0 Å². The smallest absolute Gasteiger partial charge is 0.261 e. The van der Waals surface area contributed by atoms with E-state index in [1.54, 1.807) is 28.9 Å². The molecule has 1 amide bonds. The van der Waals surface area contributed by atoms with E-state index in [-0.39, 0.29) is 23.9 Å². The third kappa shape index (κ3) is 4.63. The second-order valence-corrected chi connectivity index (χ2v) is 8.16. The van der Waals surface area contributed by atoms with Crippen LogP contribution in [0.4, 0.5) is 16.3 Å². The van der Waals surface area contributed by atoms with Crippen molar-refractivity contribution in [2.24, 2.45) is 0 Å². The first-order valence-corrected chi connectivity index (χ1v) is 10.8. The molecule has 0 aliphatic carbocycles. The van der Waals surface area contributed by atoms with Crippen LogP contribution in [0.5, 0.6) is 0 Å². The van der Waals surface area contributed by atoms with Crippen molar-refractivity contribution in [3.63, 3.8) is 0 Å². The van der Waals surface area contributed by atoms with Gasteiger partial charge in [-0.2, -0.15) is 4.98 Å². The molecule has 0 spiro atoms. The maximum absolute atomic E-state index is 14.0. The molecule has 2 heterocycles. The van der Waals surface area contributed by atoms with Crippen LogP contribution in [0.2, 0.25) is 10.0 Å². The Bertz CT molecular complexity index is 1390. The summed E-state index contributed by atoms with van der Waals surface area (Å²) in [5.41, 5.74) is 2.39. The van der Waals surface area contributed by atoms with Gasteiger partial charge in [0.25, 0.3) is 11.9 Å². The Morgan fingerprint density at radius 3 is 2.44 bits per heavy atom. The summed E-state index contributed by atoms with van der Waals surface area (Å²) in [5, 5.41) is 11.4. The van der Waals surface area contributed by atoms with Gasteiger partial charge in [-0.25, -0.2) is 9.07 Å². The first-order valence-electron chi connectivity index (χ1n) is 10.0. The highest BCUT2D eigenvalue weighted by Gasteiger charge is 2.27. The van der Waals surface area contributed by atoms with Crippen molar-refractivity contribution in [3.05, 3.63) is 111 Å². The van der Waals surface area contributed by atoms with Crippen molar-refractivity contribution in [2.75, 3.05) is 10.6 Å². The van der Waals surface area contributed by atoms with Crippen molar-refractivity contribution in [1.82, 2.24) is 14.8 Å². The summed E-state index contributed by atoms with van der Waals surface area (Å²) in [6.45, 7) is 0. The van der Waals surface area contributed by atoms with Gasteiger partial charge in [0.2, 0.25) is 5.95 Å². The lowest BCUT2D eigenvalue weighted by Gasteiger charge is -2.24. The Labute approximate surface area is 210 Å². The Kier molecular flexibility index (Phi) is 6.88. The monoisotopic (exact) mass is 515 g/mol. The molecule has 10 heteroatoms. The maximum Gasteiger partial charge on any atom is 0.261 e. The molecule has 0 bridgehead atoms. The highest BCUT2D eigenvalue weighted by atomic mass is 35.5. The number of nitrogens with zero attached hydrogens (tertiary/aromatic N) is 3. The number of anilines is 2. The van der Waals surface area contributed by atoms with E-state index in [4.69, 9.17) is 23.2 Å². The lowest BCUT2D eigenvalue weighted by atomic mass is 10.0. The zero-order chi connectivity index (χ0) is 22.9. The summed E-state index contributed by atoms with van der Waals surface area (Å²) in [4.78, 5) is 17.0. The fourth-order valence-electron chi connectivity index (χ4n) is 3.59. The Morgan fingerprint density at radius 1 is 1.00 bits per heavy atom. The van der Waals surface area contributed by atoms with Gasteiger partial charge >= 0.3 is 0 Å². The Hall–Kier alpha value is -3.39. The average molecular weight is 517 g/mol. The summed E-state index contributed by atoms with van der Waals surface area (Å²) in [6.07, 6.45) is 1.97. The van der Waals surface area contributed by atoms with E-state index in [0.717, 1.165) is 16.8 Å². The quantitative estimate of drug-likeness (QED) is 0.327. The number of fused-ring (bicyclic) bond motifs is 1. The highest BCUT2D eigenvalue weighted by molar-refractivity contribution is 6.31. The van der Waals surface area contributed by atoms with E-state index in [1.165, 1.54) is 18.2 Å². The van der Waals surface area contributed by atoms with Crippen LogP contribution < -0.4 is 10.6 Å². The molecule has 1 unspecified atom stereocenters. The van der Waals surface area contributed by atoms with Gasteiger partial charge in [0.1, 0.15) is 11.9 Å². The highest BCUT2D eigenvalue weighted by Crippen LogP contribution is 2.36. The Morgan fingerprint density at radius 2 is 1.71 bits per heavy atom. The molecule has 3 aromatic carbocycles. The minimum absolute atomic E-state index is 0. The second-order valence-electron chi connectivity index (χ2n) is 7.32. The van der Waals surface area contributed by atoms with E-state index in [9.17, 15) is 9.18 Å². The molecule has 4 aromatic rings. The van der Waals surface area contributed by atoms with Crippen molar-refractivity contribution in [2.45, 2.75) is 6.04 Å². The summed E-state index contributed by atoms with van der Waals surface area (Å²) in [7, 11) is 0. The van der Waals surface area contributed by atoms with Crippen LogP contribution in [0.3, 0.4) is 0 Å². The van der Waals surface area contributed by atoms with E-state index < -0.39 is 17.8 Å². The van der Waals surface area contributed by atoms with Gasteiger partial charge in [-0.3, -0.25) is 10.1 Å². The van der Waals surface area contributed by atoms with Gasteiger partial charge in [-0.05, 0) is 47.5 Å². The van der Waals surface area contributed by atoms with Gasteiger partial charge in [0.15, 0.2) is 0 Å². The fourth-order valence-corrected chi connectivity index (χ4v) is 3.97. The first-order chi connectivity index (χ1) is 16.0. The van der Waals surface area contributed by atoms with Crippen molar-refractivity contribution >= 4 is 59.1 Å². The molecular formula is C24H17Cl3FN5O. The van der Waals surface area contributed by atoms with Crippen LogP contribution in [0.1, 0.15) is 27.5 Å². The van der Waals surface area contributed by atoms with Crippen molar-refractivity contribution in [3.8, 4) is 0 Å². The molecule has 1 aliphatic rings. The normalized spacial score (nSPS) is 14.3. The molecule has 0 fully saturated rings. The molecule has 1 atom stereocenters. The largest absolute Gasteiger partial charge is 0.324 e. The number of hydrogen-bond donors (Lipinski definition) is 2. The number of rotatable bonds is 4. The number of halogens is 4. The predicted octanol–water partition coefficient (Wildman–Crippen LogP) is 6.45. The average Bonchev–Trinajstić information content (AvgIpc) is 3.22. The molecule has 34 heavy (non-hydrogen) atoms. The fraction of sp³-hybridized carbons (Fsp3) is 0.0417. The second kappa shape index (κ2) is 9.85. The third-order valence-electron chi connectivity index (χ3n) is 5.19. The van der Waals surface area contributed by atoms with Gasteiger partial charge in [0, 0.05) is 15.7 Å². The number of carbonyl (C=O) groups is 1. The molecule has 5 rings (SSSR count). The molecule has 1 aromatic heterocycles. The Balaban J connectivity index is 0.00000274. The van der Waals surface area contributed by atoms with Crippen LogP contribution in [-0.4, -0.2) is 20.7 Å². The summed E-state index contributed by atoms with van der Waals surface area (Å²) >= 11 is 12.5. The topological polar surface area (TPSA) is 71.8 Å². The molecule has 172 valence electrons. The molecular weight excluding hydrogens is 500 g/mol. The van der Waals surface area contributed by atoms with Crippen LogP contribution in [-0.2, 0) is 0 Å².